The van der Waals surface area contributed by atoms with Crippen molar-refractivity contribution in [1.82, 2.24) is 4.90 Å². The third-order valence-corrected chi connectivity index (χ3v) is 5.34. The summed E-state index contributed by atoms with van der Waals surface area (Å²) in [6.45, 7) is 6.63. The number of carbonyl (C=O) groups excluding carboxylic acids is 1. The lowest BCUT2D eigenvalue weighted by Gasteiger charge is -2.46. The fraction of sp³-hybridized carbons (Fsp3) is 0.611. The molecule has 1 aromatic rings. The highest BCUT2D eigenvalue weighted by atomic mass is 79.9. The standard InChI is InChI=1S/C18H23BrClNO4/c1-17(2,3)25-16(23)21-6-4-18(5-7-21)10-14(22)12-8-11(19)9-13(20)15(12)24-18/h8-9,14,22H,4-7,10H2,1-3H3. The van der Waals surface area contributed by atoms with E-state index in [4.69, 9.17) is 21.1 Å². The summed E-state index contributed by atoms with van der Waals surface area (Å²) < 4.78 is 12.5. The first-order chi connectivity index (χ1) is 11.6. The fourth-order valence-corrected chi connectivity index (χ4v) is 4.26. The molecule has 1 spiro atoms. The molecule has 0 aromatic heterocycles. The second kappa shape index (κ2) is 6.63. The number of likely N-dealkylation sites (tertiary alicyclic amines) is 1. The number of halogens is 2. The summed E-state index contributed by atoms with van der Waals surface area (Å²) in [6, 6.07) is 3.61. The lowest BCUT2D eigenvalue weighted by Crippen LogP contribution is -2.52. The number of nitrogens with zero attached hydrogens (tertiary/aromatic N) is 1. The Bertz CT molecular complexity index is 680. The van der Waals surface area contributed by atoms with Crippen molar-refractivity contribution in [3.05, 3.63) is 27.2 Å². The molecule has 2 aliphatic rings. The van der Waals surface area contributed by atoms with Gasteiger partial charge in [0.05, 0.1) is 11.1 Å². The molecule has 25 heavy (non-hydrogen) atoms. The molecule has 138 valence electrons. The van der Waals surface area contributed by atoms with Crippen LogP contribution in [0.15, 0.2) is 16.6 Å². The first-order valence-electron chi connectivity index (χ1n) is 8.43. The molecule has 1 saturated heterocycles. The summed E-state index contributed by atoms with van der Waals surface area (Å²) >= 11 is 9.71. The Hall–Kier alpha value is -0.980. The second-order valence-corrected chi connectivity index (χ2v) is 9.10. The molecule has 1 amide bonds. The summed E-state index contributed by atoms with van der Waals surface area (Å²) in [6.07, 6.45) is 0.826. The van der Waals surface area contributed by atoms with Gasteiger partial charge in [0.2, 0.25) is 0 Å². The van der Waals surface area contributed by atoms with Gasteiger partial charge in [0.25, 0.3) is 0 Å². The van der Waals surface area contributed by atoms with Gasteiger partial charge in [-0.15, -0.1) is 0 Å². The van der Waals surface area contributed by atoms with Crippen LogP contribution in [0.25, 0.3) is 0 Å². The highest BCUT2D eigenvalue weighted by Crippen LogP contribution is 2.48. The molecule has 1 N–H and O–H groups in total. The van der Waals surface area contributed by atoms with E-state index in [1.165, 1.54) is 0 Å². The van der Waals surface area contributed by atoms with Gasteiger partial charge in [-0.1, -0.05) is 27.5 Å². The number of hydrogen-bond acceptors (Lipinski definition) is 4. The predicted molar refractivity (Wildman–Crippen MR) is 99.1 cm³/mol. The van der Waals surface area contributed by atoms with Crippen molar-refractivity contribution >= 4 is 33.6 Å². The van der Waals surface area contributed by atoms with Crippen molar-refractivity contribution in [2.24, 2.45) is 0 Å². The third kappa shape index (κ3) is 4.07. The molecule has 3 rings (SSSR count). The van der Waals surface area contributed by atoms with Crippen molar-refractivity contribution in [2.75, 3.05) is 13.1 Å². The molecule has 0 bridgehead atoms. The Morgan fingerprint density at radius 3 is 2.64 bits per heavy atom. The molecule has 1 atom stereocenters. The van der Waals surface area contributed by atoms with Crippen molar-refractivity contribution < 1.29 is 19.4 Å². The average Bonchev–Trinajstić information content (AvgIpc) is 2.48. The number of ether oxygens (including phenoxy) is 2. The topological polar surface area (TPSA) is 59.0 Å². The second-order valence-electron chi connectivity index (χ2n) is 7.78. The predicted octanol–water partition coefficient (Wildman–Crippen LogP) is 4.69. The fourth-order valence-electron chi connectivity index (χ4n) is 3.39. The Morgan fingerprint density at radius 1 is 1.40 bits per heavy atom. The maximum absolute atomic E-state index is 12.2. The minimum Gasteiger partial charge on any atom is -0.485 e. The molecule has 0 aliphatic carbocycles. The number of aliphatic hydroxyl groups excluding tert-OH is 1. The third-order valence-electron chi connectivity index (χ3n) is 4.61. The normalized spacial score (nSPS) is 22.3. The van der Waals surface area contributed by atoms with Crippen molar-refractivity contribution in [2.45, 2.75) is 57.3 Å². The maximum atomic E-state index is 12.2. The number of hydrogen-bond donors (Lipinski definition) is 1. The number of piperidine rings is 1. The highest BCUT2D eigenvalue weighted by molar-refractivity contribution is 9.10. The highest BCUT2D eigenvalue weighted by Gasteiger charge is 2.44. The van der Waals surface area contributed by atoms with Gasteiger partial charge < -0.3 is 19.5 Å². The van der Waals surface area contributed by atoms with Gasteiger partial charge in [0.15, 0.2) is 0 Å². The Balaban J connectivity index is 1.73. The van der Waals surface area contributed by atoms with Crippen molar-refractivity contribution in [3.8, 4) is 5.75 Å². The number of amides is 1. The van der Waals surface area contributed by atoms with E-state index in [1.807, 2.05) is 26.8 Å². The van der Waals surface area contributed by atoms with Crippen LogP contribution in [0.2, 0.25) is 5.02 Å². The van der Waals surface area contributed by atoms with Crippen LogP contribution in [0.5, 0.6) is 5.75 Å². The summed E-state index contributed by atoms with van der Waals surface area (Å²) in [5.41, 5.74) is -0.300. The average molecular weight is 433 g/mol. The van der Waals surface area contributed by atoms with Crippen LogP contribution in [0.1, 0.15) is 51.7 Å². The van der Waals surface area contributed by atoms with Crippen LogP contribution < -0.4 is 4.74 Å². The first-order valence-corrected chi connectivity index (χ1v) is 9.60. The van der Waals surface area contributed by atoms with Crippen LogP contribution in [0.3, 0.4) is 0 Å². The van der Waals surface area contributed by atoms with Crippen LogP contribution in [-0.4, -0.2) is 40.4 Å². The number of benzene rings is 1. The molecule has 2 heterocycles. The first kappa shape index (κ1) is 18.8. The van der Waals surface area contributed by atoms with Gasteiger partial charge in [0.1, 0.15) is 17.0 Å². The lowest BCUT2D eigenvalue weighted by molar-refractivity contribution is -0.0569. The van der Waals surface area contributed by atoms with Gasteiger partial charge in [-0.3, -0.25) is 0 Å². The van der Waals surface area contributed by atoms with E-state index in [0.717, 1.165) is 4.47 Å². The monoisotopic (exact) mass is 431 g/mol. The van der Waals surface area contributed by atoms with Gasteiger partial charge in [-0.05, 0) is 32.9 Å². The minimum atomic E-state index is -0.633. The molecule has 1 aromatic carbocycles. The zero-order chi connectivity index (χ0) is 18.4. The molecule has 5 nitrogen and oxygen atoms in total. The summed E-state index contributed by atoms with van der Waals surface area (Å²) in [5.74, 6) is 0.550. The summed E-state index contributed by atoms with van der Waals surface area (Å²) in [4.78, 5) is 13.9. The van der Waals surface area contributed by atoms with E-state index >= 15 is 0 Å². The Morgan fingerprint density at radius 2 is 2.04 bits per heavy atom. The van der Waals surface area contributed by atoms with Crippen LogP contribution in [-0.2, 0) is 4.74 Å². The van der Waals surface area contributed by atoms with Crippen LogP contribution in [0.4, 0.5) is 4.79 Å². The smallest absolute Gasteiger partial charge is 0.410 e. The minimum absolute atomic E-state index is 0.305. The van der Waals surface area contributed by atoms with Gasteiger partial charge in [-0.25, -0.2) is 4.79 Å². The van der Waals surface area contributed by atoms with Gasteiger partial charge in [-0.2, -0.15) is 0 Å². The lowest BCUT2D eigenvalue weighted by atomic mass is 9.82. The maximum Gasteiger partial charge on any atom is 0.410 e. The molecule has 0 radical (unpaired) electrons. The molecular formula is C18H23BrClNO4. The van der Waals surface area contributed by atoms with E-state index in [-0.39, 0.29) is 6.09 Å². The van der Waals surface area contributed by atoms with Gasteiger partial charge in [0, 0.05) is 42.4 Å². The Labute approximate surface area is 161 Å². The number of aliphatic hydroxyl groups is 1. The van der Waals surface area contributed by atoms with Crippen LogP contribution in [0, 0.1) is 0 Å². The molecule has 2 aliphatic heterocycles. The Kier molecular flexibility index (Phi) is 4.99. The summed E-state index contributed by atoms with van der Waals surface area (Å²) in [7, 11) is 0. The van der Waals surface area contributed by atoms with Crippen molar-refractivity contribution in [1.29, 1.82) is 0 Å². The van der Waals surface area contributed by atoms with E-state index < -0.39 is 17.3 Å². The van der Waals surface area contributed by atoms with E-state index in [2.05, 4.69) is 15.9 Å². The van der Waals surface area contributed by atoms with E-state index in [1.54, 1.807) is 11.0 Å². The number of carbonyl (C=O) groups is 1. The zero-order valence-electron chi connectivity index (χ0n) is 14.6. The molecule has 7 heteroatoms. The molecule has 0 saturated carbocycles. The zero-order valence-corrected chi connectivity index (χ0v) is 17.0. The molecule has 1 fully saturated rings. The van der Waals surface area contributed by atoms with Gasteiger partial charge >= 0.3 is 6.09 Å². The number of rotatable bonds is 0. The number of fused-ring (bicyclic) bond motifs is 1. The van der Waals surface area contributed by atoms with Crippen LogP contribution >= 0.6 is 27.5 Å². The molecule has 1 unspecified atom stereocenters. The van der Waals surface area contributed by atoms with E-state index in [9.17, 15) is 9.90 Å². The van der Waals surface area contributed by atoms with Crippen molar-refractivity contribution in [3.63, 3.8) is 0 Å². The largest absolute Gasteiger partial charge is 0.485 e. The SMILES string of the molecule is CC(C)(C)OC(=O)N1CCC2(CC1)CC(O)c1cc(Br)cc(Cl)c1O2. The quantitative estimate of drug-likeness (QED) is 0.646. The van der Waals surface area contributed by atoms with E-state index in [0.29, 0.717) is 48.7 Å². The molecular weight excluding hydrogens is 410 g/mol. The summed E-state index contributed by atoms with van der Waals surface area (Å²) in [5, 5.41) is 11.1.